The molecule has 1 aromatic carbocycles. The Morgan fingerprint density at radius 2 is 2.37 bits per heavy atom. The van der Waals surface area contributed by atoms with Gasteiger partial charge in [0, 0.05) is 17.1 Å². The number of nitro groups is 1. The first-order valence-electron chi connectivity index (χ1n) is 6.55. The molecule has 5 nitrogen and oxygen atoms in total. The summed E-state index contributed by atoms with van der Waals surface area (Å²) in [5.74, 6) is 0.677. The van der Waals surface area contributed by atoms with Crippen molar-refractivity contribution in [3.63, 3.8) is 0 Å². The van der Waals surface area contributed by atoms with E-state index in [4.69, 9.17) is 0 Å². The summed E-state index contributed by atoms with van der Waals surface area (Å²) in [6.07, 6.45) is 3.51. The molecule has 19 heavy (non-hydrogen) atoms. The Balaban J connectivity index is 1.89. The van der Waals surface area contributed by atoms with Gasteiger partial charge in [-0.05, 0) is 50.4 Å². The zero-order valence-electron chi connectivity index (χ0n) is 10.7. The second-order valence-electron chi connectivity index (χ2n) is 4.85. The molecule has 2 N–H and O–H groups in total. The van der Waals surface area contributed by atoms with Gasteiger partial charge in [-0.15, -0.1) is 0 Å². The first-order chi connectivity index (χ1) is 9.16. The van der Waals surface area contributed by atoms with Crippen molar-refractivity contribution in [3.8, 4) is 0 Å². The van der Waals surface area contributed by atoms with Crippen LogP contribution in [-0.4, -0.2) is 24.6 Å². The van der Waals surface area contributed by atoms with Crippen molar-refractivity contribution in [1.29, 1.82) is 0 Å². The standard InChI is InChI=1S/C13H18BrN3O2/c14-11-3-4-12(13(8-11)17(18)19)16-7-5-10-2-1-6-15-9-10/h3-4,8,10,15-16H,1-2,5-7,9H2. The van der Waals surface area contributed by atoms with Gasteiger partial charge in [0.15, 0.2) is 0 Å². The lowest BCUT2D eigenvalue weighted by Crippen LogP contribution is -2.30. The Morgan fingerprint density at radius 3 is 3.05 bits per heavy atom. The van der Waals surface area contributed by atoms with Crippen molar-refractivity contribution >= 4 is 27.3 Å². The van der Waals surface area contributed by atoms with Crippen LogP contribution in [0.2, 0.25) is 0 Å². The summed E-state index contributed by atoms with van der Waals surface area (Å²) < 4.78 is 0.723. The van der Waals surface area contributed by atoms with Crippen LogP contribution in [0.3, 0.4) is 0 Å². The lowest BCUT2D eigenvalue weighted by atomic mass is 9.96. The Bertz CT molecular complexity index is 448. The first kappa shape index (κ1) is 14.3. The van der Waals surface area contributed by atoms with E-state index in [9.17, 15) is 10.1 Å². The fraction of sp³-hybridized carbons (Fsp3) is 0.538. The predicted molar refractivity (Wildman–Crippen MR) is 79.5 cm³/mol. The number of rotatable bonds is 5. The molecule has 0 aromatic heterocycles. The van der Waals surface area contributed by atoms with Gasteiger partial charge in [0.1, 0.15) is 5.69 Å². The Kier molecular flexibility index (Phi) is 5.15. The molecule has 0 aliphatic carbocycles. The van der Waals surface area contributed by atoms with Gasteiger partial charge < -0.3 is 10.6 Å². The van der Waals surface area contributed by atoms with Crippen LogP contribution in [0.15, 0.2) is 22.7 Å². The van der Waals surface area contributed by atoms with Gasteiger partial charge in [-0.25, -0.2) is 0 Å². The van der Waals surface area contributed by atoms with Gasteiger partial charge in [-0.1, -0.05) is 15.9 Å². The minimum Gasteiger partial charge on any atom is -0.379 e. The average Bonchev–Trinajstić information content (AvgIpc) is 2.41. The molecule has 1 aliphatic rings. The third-order valence-electron chi connectivity index (χ3n) is 3.42. The van der Waals surface area contributed by atoms with E-state index in [1.165, 1.54) is 18.9 Å². The van der Waals surface area contributed by atoms with Crippen LogP contribution in [0.1, 0.15) is 19.3 Å². The fourth-order valence-electron chi connectivity index (χ4n) is 2.39. The minimum absolute atomic E-state index is 0.121. The largest absolute Gasteiger partial charge is 0.379 e. The van der Waals surface area contributed by atoms with E-state index in [-0.39, 0.29) is 10.6 Å². The minimum atomic E-state index is -0.352. The average molecular weight is 328 g/mol. The summed E-state index contributed by atoms with van der Waals surface area (Å²) in [4.78, 5) is 10.6. The monoisotopic (exact) mass is 327 g/mol. The lowest BCUT2D eigenvalue weighted by Gasteiger charge is -2.22. The summed E-state index contributed by atoms with van der Waals surface area (Å²) in [6, 6.07) is 5.10. The van der Waals surface area contributed by atoms with Crippen LogP contribution in [0.5, 0.6) is 0 Å². The SMILES string of the molecule is O=[N+]([O-])c1cc(Br)ccc1NCCC1CCCNC1. The Morgan fingerprint density at radius 1 is 1.53 bits per heavy atom. The molecule has 2 rings (SSSR count). The number of hydrogen-bond donors (Lipinski definition) is 2. The number of nitrogens with zero attached hydrogens (tertiary/aromatic N) is 1. The predicted octanol–water partition coefficient (Wildman–Crippen LogP) is 3.16. The zero-order valence-corrected chi connectivity index (χ0v) is 12.3. The van der Waals surface area contributed by atoms with Crippen molar-refractivity contribution in [1.82, 2.24) is 5.32 Å². The van der Waals surface area contributed by atoms with E-state index in [0.717, 1.165) is 30.5 Å². The third kappa shape index (κ3) is 4.18. The van der Waals surface area contributed by atoms with Gasteiger partial charge in [0.05, 0.1) is 4.92 Å². The summed E-state index contributed by atoms with van der Waals surface area (Å²) >= 11 is 3.25. The lowest BCUT2D eigenvalue weighted by molar-refractivity contribution is -0.384. The first-order valence-corrected chi connectivity index (χ1v) is 7.34. The second-order valence-corrected chi connectivity index (χ2v) is 5.76. The molecular formula is C13H18BrN3O2. The number of nitro benzene ring substituents is 1. The van der Waals surface area contributed by atoms with Crippen molar-refractivity contribution in [2.75, 3.05) is 25.0 Å². The normalized spacial score (nSPS) is 19.1. The molecule has 0 radical (unpaired) electrons. The number of nitrogens with one attached hydrogen (secondary N) is 2. The maximum absolute atomic E-state index is 11.0. The maximum atomic E-state index is 11.0. The molecule has 1 atom stereocenters. The van der Waals surface area contributed by atoms with E-state index >= 15 is 0 Å². The molecule has 1 unspecified atom stereocenters. The van der Waals surface area contributed by atoms with Gasteiger partial charge in [0.2, 0.25) is 0 Å². The van der Waals surface area contributed by atoms with Gasteiger partial charge >= 0.3 is 0 Å². The summed E-state index contributed by atoms with van der Waals surface area (Å²) in [5.41, 5.74) is 0.716. The van der Waals surface area contributed by atoms with Crippen LogP contribution >= 0.6 is 15.9 Å². The highest BCUT2D eigenvalue weighted by molar-refractivity contribution is 9.10. The molecule has 0 bridgehead atoms. The van der Waals surface area contributed by atoms with Gasteiger partial charge in [-0.3, -0.25) is 10.1 Å². The Hall–Kier alpha value is -1.14. The molecule has 1 fully saturated rings. The zero-order chi connectivity index (χ0) is 13.7. The summed E-state index contributed by atoms with van der Waals surface area (Å²) in [6.45, 7) is 2.95. The number of piperidine rings is 1. The molecule has 0 saturated carbocycles. The molecule has 1 heterocycles. The van der Waals surface area contributed by atoms with E-state index in [1.54, 1.807) is 6.07 Å². The highest BCUT2D eigenvalue weighted by atomic mass is 79.9. The van der Waals surface area contributed by atoms with Crippen LogP contribution in [0, 0.1) is 16.0 Å². The third-order valence-corrected chi connectivity index (χ3v) is 3.92. The maximum Gasteiger partial charge on any atom is 0.293 e. The molecule has 1 aromatic rings. The van der Waals surface area contributed by atoms with Gasteiger partial charge in [-0.2, -0.15) is 0 Å². The molecule has 1 saturated heterocycles. The van der Waals surface area contributed by atoms with Crippen molar-refractivity contribution < 1.29 is 4.92 Å². The van der Waals surface area contributed by atoms with Crippen LogP contribution in [-0.2, 0) is 0 Å². The van der Waals surface area contributed by atoms with Crippen LogP contribution < -0.4 is 10.6 Å². The summed E-state index contributed by atoms with van der Waals surface area (Å²) in [7, 11) is 0. The van der Waals surface area contributed by atoms with Crippen molar-refractivity contribution in [2.45, 2.75) is 19.3 Å². The quantitative estimate of drug-likeness (QED) is 0.644. The molecular weight excluding hydrogens is 310 g/mol. The molecule has 1 aliphatic heterocycles. The van der Waals surface area contributed by atoms with Crippen molar-refractivity contribution in [2.24, 2.45) is 5.92 Å². The van der Waals surface area contributed by atoms with Crippen LogP contribution in [0.4, 0.5) is 11.4 Å². The highest BCUT2D eigenvalue weighted by Gasteiger charge is 2.15. The molecule has 104 valence electrons. The highest BCUT2D eigenvalue weighted by Crippen LogP contribution is 2.28. The van der Waals surface area contributed by atoms with Crippen molar-refractivity contribution in [3.05, 3.63) is 32.8 Å². The van der Waals surface area contributed by atoms with Gasteiger partial charge in [0.25, 0.3) is 5.69 Å². The second kappa shape index (κ2) is 6.86. The van der Waals surface area contributed by atoms with E-state index in [1.807, 2.05) is 6.07 Å². The molecule has 6 heteroatoms. The number of halogens is 1. The van der Waals surface area contributed by atoms with E-state index in [2.05, 4.69) is 26.6 Å². The smallest absolute Gasteiger partial charge is 0.293 e. The molecule has 0 amide bonds. The summed E-state index contributed by atoms with van der Waals surface area (Å²) in [5, 5.41) is 17.5. The van der Waals surface area contributed by atoms with Crippen LogP contribution in [0.25, 0.3) is 0 Å². The number of anilines is 1. The topological polar surface area (TPSA) is 67.2 Å². The van der Waals surface area contributed by atoms with E-state index < -0.39 is 0 Å². The Labute approximate surface area is 121 Å². The van der Waals surface area contributed by atoms with E-state index in [0.29, 0.717) is 11.6 Å². The molecule has 0 spiro atoms. The number of hydrogen-bond acceptors (Lipinski definition) is 4. The number of benzene rings is 1. The fourth-order valence-corrected chi connectivity index (χ4v) is 2.74.